The standard InChI is InChI=1S/C19H27N5O2/c1-19(2,3)26-18(25)24-9-5-4-6-14(24)11-22-17-12-21-16-10-13(20)7-8-15(16)23-17/h7-8,10,12,14H,4-6,9,11,20H2,1-3H3,(H,22,23)/t14-/m0/s1. The Hall–Kier alpha value is -2.57. The number of nitrogen functional groups attached to an aromatic ring is 1. The summed E-state index contributed by atoms with van der Waals surface area (Å²) >= 11 is 0. The van der Waals surface area contributed by atoms with E-state index in [0.717, 1.165) is 36.8 Å². The van der Waals surface area contributed by atoms with Crippen molar-refractivity contribution in [3.05, 3.63) is 24.4 Å². The lowest BCUT2D eigenvalue weighted by Gasteiger charge is -2.36. The Kier molecular flexibility index (Phi) is 5.15. The first-order valence-electron chi connectivity index (χ1n) is 9.07. The summed E-state index contributed by atoms with van der Waals surface area (Å²) in [6.07, 6.45) is 4.51. The number of benzene rings is 1. The van der Waals surface area contributed by atoms with Gasteiger partial charge in [0, 0.05) is 18.8 Å². The number of nitrogens with two attached hydrogens (primary N) is 1. The summed E-state index contributed by atoms with van der Waals surface area (Å²) in [5.74, 6) is 0.692. The van der Waals surface area contributed by atoms with Crippen molar-refractivity contribution in [1.82, 2.24) is 14.9 Å². The van der Waals surface area contributed by atoms with Gasteiger partial charge >= 0.3 is 6.09 Å². The van der Waals surface area contributed by atoms with Crippen molar-refractivity contribution < 1.29 is 9.53 Å². The van der Waals surface area contributed by atoms with Crippen molar-refractivity contribution in [3.63, 3.8) is 0 Å². The van der Waals surface area contributed by atoms with Crippen LogP contribution in [0.2, 0.25) is 0 Å². The number of hydrogen-bond donors (Lipinski definition) is 2. The number of aromatic nitrogens is 2. The maximum atomic E-state index is 12.5. The Morgan fingerprint density at radius 3 is 2.92 bits per heavy atom. The molecule has 1 atom stereocenters. The zero-order valence-corrected chi connectivity index (χ0v) is 15.7. The third kappa shape index (κ3) is 4.53. The molecule has 3 N–H and O–H groups in total. The van der Waals surface area contributed by atoms with Gasteiger partial charge in [-0.25, -0.2) is 9.78 Å². The van der Waals surface area contributed by atoms with Crippen molar-refractivity contribution in [2.45, 2.75) is 51.7 Å². The number of amides is 1. The average molecular weight is 357 g/mol. The number of likely N-dealkylation sites (tertiary alicyclic amines) is 1. The molecule has 0 aliphatic carbocycles. The molecule has 1 aliphatic heterocycles. The van der Waals surface area contributed by atoms with Gasteiger partial charge in [-0.1, -0.05) is 0 Å². The Bertz CT molecular complexity index is 787. The van der Waals surface area contributed by atoms with E-state index in [9.17, 15) is 4.79 Å². The van der Waals surface area contributed by atoms with E-state index in [2.05, 4.69) is 15.3 Å². The van der Waals surface area contributed by atoms with Crippen LogP contribution < -0.4 is 11.1 Å². The van der Waals surface area contributed by atoms with Gasteiger partial charge in [-0.05, 0) is 58.2 Å². The molecule has 0 unspecified atom stereocenters. The van der Waals surface area contributed by atoms with E-state index in [0.29, 0.717) is 18.1 Å². The molecule has 26 heavy (non-hydrogen) atoms. The second-order valence-electron chi connectivity index (χ2n) is 7.71. The number of nitrogens with zero attached hydrogens (tertiary/aromatic N) is 3. The smallest absolute Gasteiger partial charge is 0.410 e. The number of anilines is 2. The van der Waals surface area contributed by atoms with Crippen molar-refractivity contribution in [3.8, 4) is 0 Å². The van der Waals surface area contributed by atoms with Crippen LogP contribution in [0.1, 0.15) is 40.0 Å². The number of carbonyl (C=O) groups excluding carboxylic acids is 1. The van der Waals surface area contributed by atoms with E-state index >= 15 is 0 Å². The van der Waals surface area contributed by atoms with E-state index in [1.54, 1.807) is 12.3 Å². The highest BCUT2D eigenvalue weighted by Gasteiger charge is 2.30. The van der Waals surface area contributed by atoms with E-state index in [1.807, 2.05) is 37.8 Å². The van der Waals surface area contributed by atoms with E-state index in [1.165, 1.54) is 0 Å². The molecule has 2 heterocycles. The van der Waals surface area contributed by atoms with Crippen molar-refractivity contribution in [2.24, 2.45) is 0 Å². The lowest BCUT2D eigenvalue weighted by Crippen LogP contribution is -2.48. The molecule has 7 heteroatoms. The van der Waals surface area contributed by atoms with Crippen molar-refractivity contribution >= 4 is 28.6 Å². The van der Waals surface area contributed by atoms with Crippen LogP contribution in [0.5, 0.6) is 0 Å². The van der Waals surface area contributed by atoms with Crippen LogP contribution in [0, 0.1) is 0 Å². The summed E-state index contributed by atoms with van der Waals surface area (Å²) in [7, 11) is 0. The maximum Gasteiger partial charge on any atom is 0.410 e. The highest BCUT2D eigenvalue weighted by molar-refractivity contribution is 5.79. The van der Waals surface area contributed by atoms with Crippen LogP contribution >= 0.6 is 0 Å². The molecule has 2 aromatic rings. The second kappa shape index (κ2) is 7.35. The van der Waals surface area contributed by atoms with Gasteiger partial charge in [-0.3, -0.25) is 4.98 Å². The fraction of sp³-hybridized carbons (Fsp3) is 0.526. The maximum absolute atomic E-state index is 12.5. The van der Waals surface area contributed by atoms with Gasteiger partial charge in [0.25, 0.3) is 0 Å². The van der Waals surface area contributed by atoms with E-state index < -0.39 is 5.60 Å². The molecule has 0 spiro atoms. The highest BCUT2D eigenvalue weighted by Crippen LogP contribution is 2.21. The summed E-state index contributed by atoms with van der Waals surface area (Å²) in [4.78, 5) is 23.3. The van der Waals surface area contributed by atoms with Gasteiger partial charge in [0.15, 0.2) is 0 Å². The van der Waals surface area contributed by atoms with Crippen molar-refractivity contribution in [1.29, 1.82) is 0 Å². The quantitative estimate of drug-likeness (QED) is 0.818. The lowest BCUT2D eigenvalue weighted by atomic mass is 10.0. The Morgan fingerprint density at radius 2 is 2.15 bits per heavy atom. The lowest BCUT2D eigenvalue weighted by molar-refractivity contribution is 0.0114. The van der Waals surface area contributed by atoms with Crippen LogP contribution in [0.25, 0.3) is 11.0 Å². The van der Waals surface area contributed by atoms with Crippen LogP contribution in [0.4, 0.5) is 16.3 Å². The van der Waals surface area contributed by atoms with Crippen molar-refractivity contribution in [2.75, 3.05) is 24.1 Å². The number of nitrogens with one attached hydrogen (secondary N) is 1. The molecule has 0 radical (unpaired) electrons. The number of hydrogen-bond acceptors (Lipinski definition) is 6. The van der Waals surface area contributed by atoms with Gasteiger partial charge in [0.05, 0.1) is 23.3 Å². The monoisotopic (exact) mass is 357 g/mol. The Balaban J connectivity index is 1.66. The summed E-state index contributed by atoms with van der Waals surface area (Å²) in [5.41, 5.74) is 7.51. The largest absolute Gasteiger partial charge is 0.444 e. The van der Waals surface area contributed by atoms with E-state index in [-0.39, 0.29) is 12.1 Å². The van der Waals surface area contributed by atoms with Gasteiger partial charge in [-0.2, -0.15) is 0 Å². The highest BCUT2D eigenvalue weighted by atomic mass is 16.6. The minimum absolute atomic E-state index is 0.0857. The first-order chi connectivity index (χ1) is 12.3. The summed E-state index contributed by atoms with van der Waals surface area (Å²) in [6, 6.07) is 5.56. The molecule has 3 rings (SSSR count). The molecular formula is C19H27N5O2. The van der Waals surface area contributed by atoms with Gasteiger partial charge in [0.2, 0.25) is 0 Å². The summed E-state index contributed by atoms with van der Waals surface area (Å²) < 4.78 is 5.55. The first-order valence-corrected chi connectivity index (χ1v) is 9.07. The number of rotatable bonds is 3. The fourth-order valence-corrected chi connectivity index (χ4v) is 3.11. The molecule has 1 saturated heterocycles. The minimum atomic E-state index is -0.488. The molecule has 1 aromatic carbocycles. The van der Waals surface area contributed by atoms with Crippen LogP contribution in [-0.4, -0.2) is 45.7 Å². The zero-order valence-electron chi connectivity index (χ0n) is 15.7. The molecule has 0 bridgehead atoms. The molecule has 1 fully saturated rings. The molecular weight excluding hydrogens is 330 g/mol. The molecule has 140 valence electrons. The minimum Gasteiger partial charge on any atom is -0.444 e. The third-order valence-electron chi connectivity index (χ3n) is 4.34. The van der Waals surface area contributed by atoms with Crippen LogP contribution in [0.3, 0.4) is 0 Å². The molecule has 1 amide bonds. The Morgan fingerprint density at radius 1 is 1.35 bits per heavy atom. The SMILES string of the molecule is CC(C)(C)OC(=O)N1CCCC[C@H]1CNc1cnc2cc(N)ccc2n1. The number of ether oxygens (including phenoxy) is 1. The third-order valence-corrected chi connectivity index (χ3v) is 4.34. The number of piperidine rings is 1. The molecule has 7 nitrogen and oxygen atoms in total. The number of fused-ring (bicyclic) bond motifs is 1. The van der Waals surface area contributed by atoms with Gasteiger partial charge in [0.1, 0.15) is 11.4 Å². The van der Waals surface area contributed by atoms with Gasteiger partial charge < -0.3 is 20.7 Å². The Labute approximate surface area is 153 Å². The van der Waals surface area contributed by atoms with Crippen LogP contribution in [0.15, 0.2) is 24.4 Å². The number of carbonyl (C=O) groups is 1. The first kappa shape index (κ1) is 18.2. The van der Waals surface area contributed by atoms with Crippen LogP contribution in [-0.2, 0) is 4.74 Å². The molecule has 1 aliphatic rings. The topological polar surface area (TPSA) is 93.4 Å². The fourth-order valence-electron chi connectivity index (χ4n) is 3.11. The van der Waals surface area contributed by atoms with Gasteiger partial charge in [-0.15, -0.1) is 0 Å². The predicted molar refractivity (Wildman–Crippen MR) is 103 cm³/mol. The van der Waals surface area contributed by atoms with E-state index in [4.69, 9.17) is 10.5 Å². The predicted octanol–water partition coefficient (Wildman–Crippen LogP) is 3.41. The average Bonchev–Trinajstić information content (AvgIpc) is 2.58. The summed E-state index contributed by atoms with van der Waals surface area (Å²) in [5, 5.41) is 3.31. The summed E-state index contributed by atoms with van der Waals surface area (Å²) in [6.45, 7) is 7.01. The normalized spacial score (nSPS) is 18.0. The molecule has 0 saturated carbocycles. The second-order valence-corrected chi connectivity index (χ2v) is 7.71. The zero-order chi connectivity index (χ0) is 18.7. The molecule has 1 aromatic heterocycles.